The third-order valence-electron chi connectivity index (χ3n) is 5.00. The molecule has 4 rings (SSSR count). The van der Waals surface area contributed by atoms with Crippen molar-refractivity contribution in [3.8, 4) is 0 Å². The van der Waals surface area contributed by atoms with Crippen LogP contribution in [0.25, 0.3) is 0 Å². The Labute approximate surface area is 144 Å². The molecule has 2 atom stereocenters. The van der Waals surface area contributed by atoms with Gasteiger partial charge < -0.3 is 15.1 Å². The summed E-state index contributed by atoms with van der Waals surface area (Å²) >= 11 is 0. The van der Waals surface area contributed by atoms with Gasteiger partial charge in [0.15, 0.2) is 0 Å². The summed E-state index contributed by atoms with van der Waals surface area (Å²) in [6, 6.07) is -1.26. The number of urea groups is 1. The monoisotopic (exact) mass is 373 g/mol. The van der Waals surface area contributed by atoms with Crippen LogP contribution >= 0.6 is 0 Å². The highest BCUT2D eigenvalue weighted by molar-refractivity contribution is 7.80. The molecular formula is C13H19N5O6S. The number of carbonyl (C=O) groups excluding carboxylic acids is 1. The molecule has 0 radical (unpaired) electrons. The van der Waals surface area contributed by atoms with E-state index in [1.54, 1.807) is 0 Å². The van der Waals surface area contributed by atoms with Gasteiger partial charge >= 0.3 is 16.4 Å². The predicted octanol–water partition coefficient (Wildman–Crippen LogP) is 0.0249. The van der Waals surface area contributed by atoms with Gasteiger partial charge in [0.25, 0.3) is 0 Å². The van der Waals surface area contributed by atoms with E-state index in [-0.39, 0.29) is 12.6 Å². The van der Waals surface area contributed by atoms with E-state index in [1.807, 2.05) is 0 Å². The minimum Gasteiger partial charge on any atom is -0.423 e. The van der Waals surface area contributed by atoms with Crippen molar-refractivity contribution < 1.29 is 26.5 Å². The average Bonchev–Trinajstić information content (AvgIpc) is 3.05. The van der Waals surface area contributed by atoms with Crippen LogP contribution in [0, 0.1) is 5.92 Å². The molecule has 3 fully saturated rings. The van der Waals surface area contributed by atoms with Crippen molar-refractivity contribution in [1.29, 1.82) is 0 Å². The van der Waals surface area contributed by atoms with Crippen LogP contribution in [0.15, 0.2) is 4.42 Å². The largest absolute Gasteiger partial charge is 0.423 e. The van der Waals surface area contributed by atoms with E-state index < -0.39 is 28.5 Å². The highest BCUT2D eigenvalue weighted by Crippen LogP contribution is 2.38. The lowest BCUT2D eigenvalue weighted by atomic mass is 9.79. The first-order chi connectivity index (χ1) is 11.8. The molecule has 0 spiro atoms. The van der Waals surface area contributed by atoms with Gasteiger partial charge in [-0.05, 0) is 31.6 Å². The lowest BCUT2D eigenvalue weighted by Gasteiger charge is -2.31. The number of rotatable bonds is 5. The van der Waals surface area contributed by atoms with Gasteiger partial charge in [0, 0.05) is 19.0 Å². The average molecular weight is 373 g/mol. The number of nitrogens with zero attached hydrogens (tertiary/aromatic N) is 4. The highest BCUT2D eigenvalue weighted by atomic mass is 32.3. The van der Waals surface area contributed by atoms with Crippen molar-refractivity contribution in [2.75, 3.05) is 6.54 Å². The smallest absolute Gasteiger partial charge is 0.418 e. The maximum atomic E-state index is 12.4. The number of amides is 2. The Morgan fingerprint density at radius 3 is 2.76 bits per heavy atom. The van der Waals surface area contributed by atoms with Gasteiger partial charge in [-0.2, -0.15) is 13.5 Å². The zero-order chi connectivity index (χ0) is 17.8. The van der Waals surface area contributed by atoms with E-state index in [1.165, 1.54) is 4.90 Å². The standard InChI is InChI=1S/C13H19N5O6S/c14-8-3-7(4-8)5-11-15-16-12(23-11)10-2-1-9-6-17(10)13(19)18(9)24-25(20,21)22/h7-10H,1-6,14H2,(H,20,21,22)/t7-,8-,9-,10-/m0/s1. The van der Waals surface area contributed by atoms with Gasteiger partial charge in [-0.25, -0.2) is 4.79 Å². The van der Waals surface area contributed by atoms with Crippen LogP contribution in [0.3, 0.4) is 0 Å². The van der Waals surface area contributed by atoms with E-state index >= 15 is 0 Å². The molecular weight excluding hydrogens is 354 g/mol. The Kier molecular flexibility index (Phi) is 3.94. The SMILES string of the molecule is N[C@H]1C[C@H](Cc2nnc([C@@H]3CC[C@H]4CN3C(=O)N4OS(=O)(=O)O)o2)C1. The molecule has 1 saturated carbocycles. The number of hydrogen-bond donors (Lipinski definition) is 2. The summed E-state index contributed by atoms with van der Waals surface area (Å²) < 4.78 is 40.7. The van der Waals surface area contributed by atoms with Gasteiger partial charge in [0.05, 0.1) is 6.04 Å². The maximum Gasteiger partial charge on any atom is 0.418 e. The topological polar surface area (TPSA) is 152 Å². The van der Waals surface area contributed by atoms with Gasteiger partial charge in [-0.3, -0.25) is 4.55 Å². The Morgan fingerprint density at radius 2 is 2.08 bits per heavy atom. The van der Waals surface area contributed by atoms with Crippen LogP contribution in [-0.2, 0) is 21.1 Å². The summed E-state index contributed by atoms with van der Waals surface area (Å²) in [5.41, 5.74) is 5.77. The second-order valence-corrected chi connectivity index (χ2v) is 7.85. The molecule has 2 saturated heterocycles. The first-order valence-corrected chi connectivity index (χ1v) is 9.51. The fraction of sp³-hybridized carbons (Fsp3) is 0.769. The van der Waals surface area contributed by atoms with Crippen LogP contribution < -0.4 is 5.73 Å². The van der Waals surface area contributed by atoms with Crippen molar-refractivity contribution in [3.05, 3.63) is 11.8 Å². The van der Waals surface area contributed by atoms with E-state index in [9.17, 15) is 13.2 Å². The van der Waals surface area contributed by atoms with Crippen LogP contribution in [0.4, 0.5) is 4.79 Å². The molecule has 11 nitrogen and oxygen atoms in total. The van der Waals surface area contributed by atoms with Crippen molar-refractivity contribution >= 4 is 16.4 Å². The quantitative estimate of drug-likeness (QED) is 0.680. The minimum atomic E-state index is -4.75. The second kappa shape index (κ2) is 5.90. The lowest BCUT2D eigenvalue weighted by molar-refractivity contribution is -0.0317. The van der Waals surface area contributed by atoms with Gasteiger partial charge in [0.1, 0.15) is 6.04 Å². The molecule has 25 heavy (non-hydrogen) atoms. The Morgan fingerprint density at radius 1 is 1.32 bits per heavy atom. The van der Waals surface area contributed by atoms with E-state index in [2.05, 4.69) is 14.5 Å². The molecule has 0 aromatic carbocycles. The van der Waals surface area contributed by atoms with E-state index in [0.29, 0.717) is 42.0 Å². The normalized spacial score (nSPS) is 32.2. The van der Waals surface area contributed by atoms with E-state index in [4.69, 9.17) is 14.7 Å². The number of piperidine rings is 1. The molecule has 12 heteroatoms. The zero-order valence-electron chi connectivity index (χ0n) is 13.3. The second-order valence-electron chi connectivity index (χ2n) is 6.85. The number of hydrogen-bond acceptors (Lipinski definition) is 8. The number of aromatic nitrogens is 2. The van der Waals surface area contributed by atoms with Gasteiger partial charge in [-0.15, -0.1) is 14.5 Å². The van der Waals surface area contributed by atoms with E-state index in [0.717, 1.165) is 12.8 Å². The Bertz CT molecular complexity index is 776. The highest BCUT2D eigenvalue weighted by Gasteiger charge is 2.49. The van der Waals surface area contributed by atoms with Crippen LogP contribution in [0.1, 0.15) is 43.5 Å². The Balaban J connectivity index is 1.46. The summed E-state index contributed by atoms with van der Waals surface area (Å²) in [5, 5.41) is 8.80. The number of nitrogens with two attached hydrogens (primary N) is 1. The molecule has 1 aromatic heterocycles. The fourth-order valence-corrected chi connectivity index (χ4v) is 4.16. The van der Waals surface area contributed by atoms with Crippen LogP contribution in [0.5, 0.6) is 0 Å². The Hall–Kier alpha value is -1.76. The van der Waals surface area contributed by atoms with Crippen molar-refractivity contribution in [1.82, 2.24) is 20.2 Å². The fourth-order valence-electron chi connectivity index (χ4n) is 3.77. The number of fused-ring (bicyclic) bond motifs is 2. The minimum absolute atomic E-state index is 0.249. The van der Waals surface area contributed by atoms with Crippen LogP contribution in [0.2, 0.25) is 0 Å². The summed E-state index contributed by atoms with van der Waals surface area (Å²) in [4.78, 5) is 13.8. The first-order valence-electron chi connectivity index (χ1n) is 8.15. The molecule has 3 N–H and O–H groups in total. The molecule has 3 aliphatic rings. The lowest BCUT2D eigenvalue weighted by Crippen LogP contribution is -2.37. The molecule has 2 bridgehead atoms. The number of hydroxylamine groups is 2. The third-order valence-corrected chi connectivity index (χ3v) is 5.35. The molecule has 3 heterocycles. The zero-order valence-corrected chi connectivity index (χ0v) is 14.1. The molecule has 1 aromatic rings. The summed E-state index contributed by atoms with van der Waals surface area (Å²) in [6.45, 7) is 0.272. The maximum absolute atomic E-state index is 12.4. The number of carbonyl (C=O) groups is 1. The van der Waals surface area contributed by atoms with Crippen molar-refractivity contribution in [3.63, 3.8) is 0 Å². The molecule has 2 amide bonds. The molecule has 1 aliphatic carbocycles. The first kappa shape index (κ1) is 16.7. The van der Waals surface area contributed by atoms with Crippen molar-refractivity contribution in [2.24, 2.45) is 11.7 Å². The predicted molar refractivity (Wildman–Crippen MR) is 81.0 cm³/mol. The van der Waals surface area contributed by atoms with Crippen molar-refractivity contribution in [2.45, 2.75) is 50.2 Å². The van der Waals surface area contributed by atoms with Crippen LogP contribution in [-0.4, -0.2) is 57.8 Å². The molecule has 0 unspecified atom stereocenters. The summed E-state index contributed by atoms with van der Waals surface area (Å²) in [6.07, 6.45) is 3.59. The summed E-state index contributed by atoms with van der Waals surface area (Å²) in [7, 11) is -4.75. The van der Waals surface area contributed by atoms with Gasteiger partial charge in [-0.1, -0.05) is 0 Å². The molecule has 2 aliphatic heterocycles. The van der Waals surface area contributed by atoms with Gasteiger partial charge in [0.2, 0.25) is 11.8 Å². The third kappa shape index (κ3) is 3.21. The molecule has 138 valence electrons. The summed E-state index contributed by atoms with van der Waals surface area (Å²) in [5.74, 6) is 1.30.